The number of para-hydroxylation sites is 2. The topological polar surface area (TPSA) is 66.0 Å². The van der Waals surface area contributed by atoms with Crippen LogP contribution in [0.2, 0.25) is 5.02 Å². The number of methoxy groups -OCH3 is 3. The molecule has 0 aliphatic heterocycles. The van der Waals surface area contributed by atoms with Gasteiger partial charge in [0.1, 0.15) is 11.5 Å². The lowest BCUT2D eigenvalue weighted by molar-refractivity contribution is -0.118. The van der Waals surface area contributed by atoms with Crippen LogP contribution in [0.5, 0.6) is 23.0 Å². The molecule has 0 aliphatic rings. The number of benzene rings is 2. The van der Waals surface area contributed by atoms with E-state index >= 15 is 0 Å². The van der Waals surface area contributed by atoms with E-state index in [1.807, 2.05) is 6.07 Å². The highest BCUT2D eigenvalue weighted by Crippen LogP contribution is 2.35. The highest BCUT2D eigenvalue weighted by Gasteiger charge is 2.13. The summed E-state index contributed by atoms with van der Waals surface area (Å²) in [4.78, 5) is 12.1. The van der Waals surface area contributed by atoms with E-state index in [2.05, 4.69) is 5.32 Å². The summed E-state index contributed by atoms with van der Waals surface area (Å²) in [5.74, 6) is 1.53. The Hall–Kier alpha value is -2.60. The number of anilines is 1. The van der Waals surface area contributed by atoms with Gasteiger partial charge in [0.25, 0.3) is 5.91 Å². The van der Waals surface area contributed by atoms with Crippen molar-refractivity contribution in [1.82, 2.24) is 0 Å². The molecule has 0 saturated carbocycles. The van der Waals surface area contributed by atoms with Crippen molar-refractivity contribution in [2.75, 3.05) is 33.3 Å². The van der Waals surface area contributed by atoms with Gasteiger partial charge in [0.2, 0.25) is 0 Å². The van der Waals surface area contributed by atoms with Gasteiger partial charge in [-0.3, -0.25) is 4.79 Å². The predicted octanol–water partition coefficient (Wildman–Crippen LogP) is 3.38. The van der Waals surface area contributed by atoms with E-state index in [0.717, 1.165) is 0 Å². The Bertz CT molecular complexity index is 720. The molecule has 7 heteroatoms. The quantitative estimate of drug-likeness (QED) is 0.828. The zero-order chi connectivity index (χ0) is 17.5. The van der Waals surface area contributed by atoms with Gasteiger partial charge in [0.05, 0.1) is 32.0 Å². The Labute approximate surface area is 145 Å². The van der Waals surface area contributed by atoms with E-state index in [4.69, 9.17) is 30.5 Å². The van der Waals surface area contributed by atoms with E-state index in [1.54, 1.807) is 30.3 Å². The fourth-order valence-corrected chi connectivity index (χ4v) is 2.26. The summed E-state index contributed by atoms with van der Waals surface area (Å²) in [6.07, 6.45) is 0. The average molecular weight is 352 g/mol. The Morgan fingerprint density at radius 2 is 1.58 bits per heavy atom. The molecule has 0 spiro atoms. The Morgan fingerprint density at radius 3 is 2.21 bits per heavy atom. The largest absolute Gasteiger partial charge is 0.495 e. The number of amides is 1. The molecule has 0 bridgehead atoms. The zero-order valence-corrected chi connectivity index (χ0v) is 14.3. The molecule has 24 heavy (non-hydrogen) atoms. The SMILES string of the molecule is COc1cc(NC(=O)COc2ccccc2OC)c(OC)cc1Cl. The first-order chi connectivity index (χ1) is 11.6. The standard InChI is InChI=1S/C17H18ClNO5/c1-21-13-6-4-5-7-14(13)24-10-17(20)19-12-9-15(22-2)11(18)8-16(12)23-3/h4-9H,10H2,1-3H3,(H,19,20). The van der Waals surface area contributed by atoms with Gasteiger partial charge in [-0.2, -0.15) is 0 Å². The molecular formula is C17H18ClNO5. The lowest BCUT2D eigenvalue weighted by atomic mass is 10.2. The minimum absolute atomic E-state index is 0.186. The van der Waals surface area contributed by atoms with E-state index < -0.39 is 0 Å². The van der Waals surface area contributed by atoms with Crippen molar-refractivity contribution < 1.29 is 23.7 Å². The van der Waals surface area contributed by atoms with Crippen molar-refractivity contribution in [2.45, 2.75) is 0 Å². The summed E-state index contributed by atoms with van der Waals surface area (Å²) in [7, 11) is 4.51. The number of hydrogen-bond donors (Lipinski definition) is 1. The molecule has 2 rings (SSSR count). The molecule has 2 aromatic carbocycles. The van der Waals surface area contributed by atoms with Gasteiger partial charge >= 0.3 is 0 Å². The van der Waals surface area contributed by atoms with Crippen LogP contribution in [0.4, 0.5) is 5.69 Å². The second-order valence-electron chi connectivity index (χ2n) is 4.67. The molecule has 0 unspecified atom stereocenters. The third kappa shape index (κ3) is 4.23. The lowest BCUT2D eigenvalue weighted by Gasteiger charge is -2.14. The van der Waals surface area contributed by atoms with E-state index in [-0.39, 0.29) is 12.5 Å². The van der Waals surface area contributed by atoms with Gasteiger partial charge in [-0.25, -0.2) is 0 Å². The van der Waals surface area contributed by atoms with Crippen molar-refractivity contribution in [1.29, 1.82) is 0 Å². The van der Waals surface area contributed by atoms with E-state index in [0.29, 0.717) is 33.7 Å². The molecule has 0 atom stereocenters. The van der Waals surface area contributed by atoms with E-state index in [1.165, 1.54) is 21.3 Å². The first-order valence-corrected chi connectivity index (χ1v) is 7.44. The number of nitrogens with one attached hydrogen (secondary N) is 1. The Balaban J connectivity index is 2.07. The van der Waals surface area contributed by atoms with Crippen LogP contribution in [0.1, 0.15) is 0 Å². The Morgan fingerprint density at radius 1 is 0.958 bits per heavy atom. The number of carbonyl (C=O) groups excluding carboxylic acids is 1. The van der Waals surface area contributed by atoms with Gasteiger partial charge < -0.3 is 24.3 Å². The number of rotatable bonds is 7. The van der Waals surface area contributed by atoms with Gasteiger partial charge in [-0.15, -0.1) is 0 Å². The number of ether oxygens (including phenoxy) is 4. The maximum atomic E-state index is 12.1. The van der Waals surface area contributed by atoms with Crippen molar-refractivity contribution in [2.24, 2.45) is 0 Å². The molecule has 0 saturated heterocycles. The molecule has 0 aromatic heterocycles. The van der Waals surface area contributed by atoms with Gasteiger partial charge in [0.15, 0.2) is 18.1 Å². The molecule has 6 nitrogen and oxygen atoms in total. The zero-order valence-electron chi connectivity index (χ0n) is 13.6. The first kappa shape index (κ1) is 17.7. The summed E-state index contributed by atoms with van der Waals surface area (Å²) in [5, 5.41) is 3.09. The summed E-state index contributed by atoms with van der Waals surface area (Å²) < 4.78 is 21.0. The fraction of sp³-hybridized carbons (Fsp3) is 0.235. The summed E-state index contributed by atoms with van der Waals surface area (Å²) in [5.41, 5.74) is 0.437. The number of carbonyl (C=O) groups is 1. The molecular weight excluding hydrogens is 334 g/mol. The molecule has 0 aliphatic carbocycles. The van der Waals surface area contributed by atoms with Crippen molar-refractivity contribution in [3.63, 3.8) is 0 Å². The van der Waals surface area contributed by atoms with E-state index in [9.17, 15) is 4.79 Å². The van der Waals surface area contributed by atoms with Gasteiger partial charge in [0, 0.05) is 12.1 Å². The minimum atomic E-state index is -0.358. The van der Waals surface area contributed by atoms with Crippen LogP contribution in [0, 0.1) is 0 Å². The monoisotopic (exact) mass is 351 g/mol. The first-order valence-electron chi connectivity index (χ1n) is 7.06. The maximum absolute atomic E-state index is 12.1. The predicted molar refractivity (Wildman–Crippen MR) is 91.7 cm³/mol. The van der Waals surface area contributed by atoms with Crippen molar-refractivity contribution >= 4 is 23.2 Å². The molecule has 0 radical (unpaired) electrons. The second kappa shape index (κ2) is 8.31. The van der Waals surface area contributed by atoms with Crippen LogP contribution in [-0.2, 0) is 4.79 Å². The van der Waals surface area contributed by atoms with Crippen LogP contribution in [0.25, 0.3) is 0 Å². The third-order valence-electron chi connectivity index (χ3n) is 3.18. The van der Waals surface area contributed by atoms with Crippen LogP contribution in [0.3, 0.4) is 0 Å². The molecule has 2 aromatic rings. The molecule has 1 N–H and O–H groups in total. The van der Waals surface area contributed by atoms with Crippen LogP contribution >= 0.6 is 11.6 Å². The van der Waals surface area contributed by atoms with Gasteiger partial charge in [-0.05, 0) is 12.1 Å². The summed E-state index contributed by atoms with van der Waals surface area (Å²) in [6.45, 7) is -0.186. The smallest absolute Gasteiger partial charge is 0.262 e. The summed E-state index contributed by atoms with van der Waals surface area (Å²) >= 11 is 6.04. The molecule has 1 amide bonds. The maximum Gasteiger partial charge on any atom is 0.262 e. The highest BCUT2D eigenvalue weighted by molar-refractivity contribution is 6.32. The van der Waals surface area contributed by atoms with Gasteiger partial charge in [-0.1, -0.05) is 23.7 Å². The normalized spacial score (nSPS) is 10.0. The van der Waals surface area contributed by atoms with Crippen LogP contribution in [0.15, 0.2) is 36.4 Å². The molecule has 0 heterocycles. The third-order valence-corrected chi connectivity index (χ3v) is 3.47. The number of halogens is 1. The van der Waals surface area contributed by atoms with Crippen molar-refractivity contribution in [3.8, 4) is 23.0 Å². The van der Waals surface area contributed by atoms with Crippen LogP contribution < -0.4 is 24.3 Å². The Kier molecular flexibility index (Phi) is 6.14. The van der Waals surface area contributed by atoms with Crippen molar-refractivity contribution in [3.05, 3.63) is 41.4 Å². The minimum Gasteiger partial charge on any atom is -0.495 e. The molecule has 128 valence electrons. The second-order valence-corrected chi connectivity index (χ2v) is 5.08. The highest BCUT2D eigenvalue weighted by atomic mass is 35.5. The lowest BCUT2D eigenvalue weighted by Crippen LogP contribution is -2.20. The number of hydrogen-bond acceptors (Lipinski definition) is 5. The molecule has 0 fully saturated rings. The van der Waals surface area contributed by atoms with Crippen LogP contribution in [-0.4, -0.2) is 33.8 Å². The summed E-state index contributed by atoms with van der Waals surface area (Å²) in [6, 6.07) is 10.2. The average Bonchev–Trinajstić information content (AvgIpc) is 2.61. The fourth-order valence-electron chi connectivity index (χ4n) is 2.03.